The van der Waals surface area contributed by atoms with Crippen molar-refractivity contribution in [3.05, 3.63) is 0 Å². The molecule has 0 aliphatic heterocycles. The van der Waals surface area contributed by atoms with Crippen LogP contribution in [0, 0.1) is 0 Å². The maximum atomic E-state index is 12.4. The van der Waals surface area contributed by atoms with Crippen LogP contribution in [0.15, 0.2) is 0 Å². The molecular formula is C55H109NO5. The standard InChI is InChI=1S/C55H109NO5/c1-3-5-7-9-11-13-15-24-29-33-37-41-45-49-55(60)61-50-46-42-38-34-30-26-23-21-19-17-16-18-20-22-25-28-32-36-40-44-48-54(59)56-52(51-57)53(58)47-43-39-35-31-27-14-12-10-8-6-4-2/h52-53,57-58H,3-51H2,1-2H3,(H,56,59). The predicted octanol–water partition coefficient (Wildman–Crippen LogP) is 16.7. The Kier molecular flexibility index (Phi) is 50.5. The third-order valence-corrected chi connectivity index (χ3v) is 13.2. The molecule has 0 heterocycles. The topological polar surface area (TPSA) is 95.9 Å². The Morgan fingerprint density at radius 3 is 1.00 bits per heavy atom. The van der Waals surface area contributed by atoms with Gasteiger partial charge in [0.1, 0.15) is 0 Å². The quantitative estimate of drug-likeness (QED) is 0.0418. The second-order valence-corrected chi connectivity index (χ2v) is 19.3. The van der Waals surface area contributed by atoms with Crippen molar-refractivity contribution in [2.24, 2.45) is 0 Å². The maximum absolute atomic E-state index is 12.4. The molecule has 0 aliphatic carbocycles. The average Bonchev–Trinajstić information content (AvgIpc) is 3.26. The summed E-state index contributed by atoms with van der Waals surface area (Å²) < 4.78 is 5.47. The van der Waals surface area contributed by atoms with Crippen LogP contribution in [0.25, 0.3) is 0 Å². The van der Waals surface area contributed by atoms with Gasteiger partial charge in [-0.1, -0.05) is 277 Å². The minimum Gasteiger partial charge on any atom is -0.466 e. The Morgan fingerprint density at radius 1 is 0.393 bits per heavy atom. The fourth-order valence-electron chi connectivity index (χ4n) is 8.88. The largest absolute Gasteiger partial charge is 0.466 e. The van der Waals surface area contributed by atoms with Gasteiger partial charge in [-0.3, -0.25) is 9.59 Å². The van der Waals surface area contributed by atoms with E-state index >= 15 is 0 Å². The van der Waals surface area contributed by atoms with E-state index < -0.39 is 12.1 Å². The van der Waals surface area contributed by atoms with Crippen LogP contribution < -0.4 is 5.32 Å². The summed E-state index contributed by atoms with van der Waals surface area (Å²) in [5.41, 5.74) is 0. The molecular weight excluding hydrogens is 755 g/mol. The lowest BCUT2D eigenvalue weighted by atomic mass is 10.0. The molecule has 0 saturated carbocycles. The Morgan fingerprint density at radius 2 is 0.672 bits per heavy atom. The number of aliphatic hydroxyl groups excluding tert-OH is 2. The molecule has 6 nitrogen and oxygen atoms in total. The van der Waals surface area contributed by atoms with E-state index in [0.717, 1.165) is 38.5 Å². The minimum absolute atomic E-state index is 0.0127. The highest BCUT2D eigenvalue weighted by atomic mass is 16.5. The molecule has 0 aliphatic rings. The van der Waals surface area contributed by atoms with E-state index in [-0.39, 0.29) is 18.5 Å². The SMILES string of the molecule is CCCCCCCCCCCCCCCC(=O)OCCCCCCCCCCCCCCCCCCCCCCC(=O)NC(CO)C(O)CCCCCCCCCCCCC. The van der Waals surface area contributed by atoms with Crippen molar-refractivity contribution in [3.8, 4) is 0 Å². The second kappa shape index (κ2) is 51.5. The summed E-state index contributed by atoms with van der Waals surface area (Å²) in [6, 6.07) is -0.540. The monoisotopic (exact) mass is 864 g/mol. The summed E-state index contributed by atoms with van der Waals surface area (Å²) in [7, 11) is 0. The van der Waals surface area contributed by atoms with Gasteiger partial charge in [0, 0.05) is 12.8 Å². The van der Waals surface area contributed by atoms with Gasteiger partial charge < -0.3 is 20.3 Å². The van der Waals surface area contributed by atoms with Crippen LogP contribution in [-0.4, -0.2) is 47.4 Å². The van der Waals surface area contributed by atoms with E-state index in [0.29, 0.717) is 25.9 Å². The number of hydrogen-bond donors (Lipinski definition) is 3. The van der Waals surface area contributed by atoms with Crippen molar-refractivity contribution in [3.63, 3.8) is 0 Å². The number of esters is 1. The van der Waals surface area contributed by atoms with Gasteiger partial charge in [0.05, 0.1) is 25.4 Å². The van der Waals surface area contributed by atoms with E-state index in [2.05, 4.69) is 19.2 Å². The summed E-state index contributed by atoms with van der Waals surface area (Å²) >= 11 is 0. The van der Waals surface area contributed by atoms with Gasteiger partial charge in [-0.2, -0.15) is 0 Å². The molecule has 0 fully saturated rings. The van der Waals surface area contributed by atoms with Crippen LogP contribution in [0.4, 0.5) is 0 Å². The van der Waals surface area contributed by atoms with Gasteiger partial charge in [-0.15, -0.1) is 0 Å². The number of nitrogens with one attached hydrogen (secondary N) is 1. The molecule has 3 N–H and O–H groups in total. The first-order valence-electron chi connectivity index (χ1n) is 27.8. The molecule has 0 spiro atoms. The fraction of sp³-hybridized carbons (Fsp3) is 0.964. The number of carbonyl (C=O) groups is 2. The smallest absolute Gasteiger partial charge is 0.305 e. The molecule has 0 rings (SSSR count). The van der Waals surface area contributed by atoms with Crippen molar-refractivity contribution in [1.82, 2.24) is 5.32 Å². The molecule has 61 heavy (non-hydrogen) atoms. The molecule has 1 amide bonds. The number of ether oxygens (including phenoxy) is 1. The summed E-state index contributed by atoms with van der Waals surface area (Å²) in [6.07, 6.45) is 58.0. The summed E-state index contributed by atoms with van der Waals surface area (Å²) in [5, 5.41) is 23.2. The number of carbonyl (C=O) groups excluding carboxylic acids is 2. The molecule has 0 aromatic heterocycles. The Labute approximate surface area is 381 Å². The van der Waals surface area contributed by atoms with Gasteiger partial charge in [0.2, 0.25) is 5.91 Å². The molecule has 0 saturated heterocycles. The van der Waals surface area contributed by atoms with Gasteiger partial charge in [-0.05, 0) is 25.7 Å². The van der Waals surface area contributed by atoms with Crippen LogP contribution in [0.2, 0.25) is 0 Å². The lowest BCUT2D eigenvalue weighted by molar-refractivity contribution is -0.143. The van der Waals surface area contributed by atoms with Crippen molar-refractivity contribution in [2.45, 2.75) is 328 Å². The molecule has 0 aromatic carbocycles. The zero-order chi connectivity index (χ0) is 44.4. The van der Waals surface area contributed by atoms with E-state index in [4.69, 9.17) is 4.74 Å². The zero-order valence-electron chi connectivity index (χ0n) is 41.4. The molecule has 0 radical (unpaired) electrons. The number of hydrogen-bond acceptors (Lipinski definition) is 5. The third kappa shape index (κ3) is 48.2. The first kappa shape index (κ1) is 59.9. The van der Waals surface area contributed by atoms with E-state index in [9.17, 15) is 19.8 Å². The van der Waals surface area contributed by atoms with Crippen LogP contribution in [-0.2, 0) is 14.3 Å². The fourth-order valence-corrected chi connectivity index (χ4v) is 8.88. The van der Waals surface area contributed by atoms with Crippen molar-refractivity contribution in [2.75, 3.05) is 13.2 Å². The van der Waals surface area contributed by atoms with Crippen molar-refractivity contribution < 1.29 is 24.5 Å². The van der Waals surface area contributed by atoms with E-state index in [1.165, 1.54) is 244 Å². The number of unbranched alkanes of at least 4 members (excludes halogenated alkanes) is 41. The second-order valence-electron chi connectivity index (χ2n) is 19.3. The zero-order valence-corrected chi connectivity index (χ0v) is 41.4. The first-order valence-corrected chi connectivity index (χ1v) is 27.8. The number of rotatable bonds is 52. The normalized spacial score (nSPS) is 12.5. The maximum Gasteiger partial charge on any atom is 0.305 e. The third-order valence-electron chi connectivity index (χ3n) is 13.2. The van der Waals surface area contributed by atoms with Gasteiger partial charge in [0.25, 0.3) is 0 Å². The Balaban J connectivity index is 3.36. The molecule has 2 unspecified atom stereocenters. The van der Waals surface area contributed by atoms with E-state index in [1.54, 1.807) is 0 Å². The Hall–Kier alpha value is -1.14. The molecule has 0 aromatic rings. The van der Waals surface area contributed by atoms with Gasteiger partial charge in [-0.25, -0.2) is 0 Å². The number of aliphatic hydroxyl groups is 2. The lowest BCUT2D eigenvalue weighted by Crippen LogP contribution is -2.45. The number of amides is 1. The van der Waals surface area contributed by atoms with Crippen LogP contribution >= 0.6 is 0 Å². The summed E-state index contributed by atoms with van der Waals surface area (Å²) in [5.74, 6) is -0.0237. The van der Waals surface area contributed by atoms with Crippen LogP contribution in [0.5, 0.6) is 0 Å². The van der Waals surface area contributed by atoms with E-state index in [1.807, 2.05) is 0 Å². The molecule has 0 bridgehead atoms. The minimum atomic E-state index is -0.662. The molecule has 6 heteroatoms. The highest BCUT2D eigenvalue weighted by Gasteiger charge is 2.20. The van der Waals surface area contributed by atoms with Gasteiger partial charge >= 0.3 is 5.97 Å². The van der Waals surface area contributed by atoms with Gasteiger partial charge in [0.15, 0.2) is 0 Å². The average molecular weight is 864 g/mol. The molecule has 364 valence electrons. The van der Waals surface area contributed by atoms with Crippen LogP contribution in [0.3, 0.4) is 0 Å². The first-order chi connectivity index (χ1) is 30.0. The lowest BCUT2D eigenvalue weighted by Gasteiger charge is -2.22. The van der Waals surface area contributed by atoms with Crippen molar-refractivity contribution in [1.29, 1.82) is 0 Å². The van der Waals surface area contributed by atoms with Crippen molar-refractivity contribution >= 4 is 11.9 Å². The summed E-state index contributed by atoms with van der Waals surface area (Å²) in [6.45, 7) is 4.96. The predicted molar refractivity (Wildman–Crippen MR) is 264 cm³/mol. The highest BCUT2D eigenvalue weighted by Crippen LogP contribution is 2.18. The Bertz CT molecular complexity index is 867. The highest BCUT2D eigenvalue weighted by molar-refractivity contribution is 5.76. The van der Waals surface area contributed by atoms with Crippen LogP contribution in [0.1, 0.15) is 316 Å². The molecule has 2 atom stereocenters. The summed E-state index contributed by atoms with van der Waals surface area (Å²) in [4.78, 5) is 24.4.